The SMILES string of the molecule is CCC(CC)(CC(=O)O)NC(=O)C1Cc2ccccc2S1. The summed E-state index contributed by atoms with van der Waals surface area (Å²) in [6, 6.07) is 8.02. The number of carboxylic acids is 1. The summed E-state index contributed by atoms with van der Waals surface area (Å²) in [6.07, 6.45) is 1.91. The first kappa shape index (κ1) is 15.9. The number of amides is 1. The molecule has 1 aliphatic heterocycles. The van der Waals surface area contributed by atoms with Crippen LogP contribution in [0.2, 0.25) is 0 Å². The maximum absolute atomic E-state index is 12.5. The maximum atomic E-state index is 12.5. The highest BCUT2D eigenvalue weighted by molar-refractivity contribution is 8.01. The summed E-state index contributed by atoms with van der Waals surface area (Å²) in [6.45, 7) is 3.84. The highest BCUT2D eigenvalue weighted by Crippen LogP contribution is 2.37. The summed E-state index contributed by atoms with van der Waals surface area (Å²) in [5, 5.41) is 11.9. The van der Waals surface area contributed by atoms with Crippen LogP contribution >= 0.6 is 11.8 Å². The van der Waals surface area contributed by atoms with Gasteiger partial charge in [0.1, 0.15) is 0 Å². The Morgan fingerprint density at radius 2 is 2.00 bits per heavy atom. The minimum atomic E-state index is -0.874. The molecule has 1 aromatic carbocycles. The van der Waals surface area contributed by atoms with Gasteiger partial charge in [-0.1, -0.05) is 32.0 Å². The van der Waals surface area contributed by atoms with Crippen LogP contribution in [0.15, 0.2) is 29.2 Å². The zero-order valence-corrected chi connectivity index (χ0v) is 13.2. The molecule has 1 atom stereocenters. The van der Waals surface area contributed by atoms with Crippen LogP contribution in [0.3, 0.4) is 0 Å². The zero-order valence-electron chi connectivity index (χ0n) is 12.4. The van der Waals surface area contributed by atoms with E-state index < -0.39 is 11.5 Å². The van der Waals surface area contributed by atoms with Crippen molar-refractivity contribution in [2.75, 3.05) is 0 Å². The summed E-state index contributed by atoms with van der Waals surface area (Å²) < 4.78 is 0. The van der Waals surface area contributed by atoms with Crippen molar-refractivity contribution >= 4 is 23.6 Å². The van der Waals surface area contributed by atoms with Crippen LogP contribution in [0.1, 0.15) is 38.7 Å². The predicted molar refractivity (Wildman–Crippen MR) is 83.5 cm³/mol. The van der Waals surface area contributed by atoms with Gasteiger partial charge in [-0.3, -0.25) is 9.59 Å². The average Bonchev–Trinajstić information content (AvgIpc) is 2.90. The predicted octanol–water partition coefficient (Wildman–Crippen LogP) is 2.85. The molecule has 114 valence electrons. The molecule has 0 radical (unpaired) electrons. The second-order valence-electron chi connectivity index (χ2n) is 5.47. The molecule has 0 aromatic heterocycles. The molecular weight excluding hydrogens is 286 g/mol. The summed E-state index contributed by atoms with van der Waals surface area (Å²) in [5.74, 6) is -0.928. The smallest absolute Gasteiger partial charge is 0.305 e. The van der Waals surface area contributed by atoms with Gasteiger partial charge in [-0.05, 0) is 30.9 Å². The number of nitrogens with one attached hydrogen (secondary N) is 1. The Bertz CT molecular complexity index is 515. The Morgan fingerprint density at radius 1 is 1.33 bits per heavy atom. The minimum Gasteiger partial charge on any atom is -0.481 e. The van der Waals surface area contributed by atoms with Crippen molar-refractivity contribution in [1.29, 1.82) is 0 Å². The zero-order chi connectivity index (χ0) is 15.5. The van der Waals surface area contributed by atoms with Gasteiger partial charge in [0.25, 0.3) is 0 Å². The van der Waals surface area contributed by atoms with Gasteiger partial charge in [0, 0.05) is 10.4 Å². The number of hydrogen-bond acceptors (Lipinski definition) is 3. The van der Waals surface area contributed by atoms with E-state index in [2.05, 4.69) is 5.32 Å². The van der Waals surface area contributed by atoms with Crippen LogP contribution < -0.4 is 5.32 Å². The van der Waals surface area contributed by atoms with Crippen molar-refractivity contribution in [1.82, 2.24) is 5.32 Å². The fourth-order valence-corrected chi connectivity index (χ4v) is 3.88. The number of carboxylic acid groups (broad SMARTS) is 1. The number of hydrogen-bond donors (Lipinski definition) is 2. The molecule has 2 N–H and O–H groups in total. The topological polar surface area (TPSA) is 66.4 Å². The van der Waals surface area contributed by atoms with Gasteiger partial charge < -0.3 is 10.4 Å². The molecule has 0 aliphatic carbocycles. The van der Waals surface area contributed by atoms with Crippen LogP contribution in [0.25, 0.3) is 0 Å². The van der Waals surface area contributed by atoms with E-state index in [0.717, 1.165) is 4.90 Å². The van der Waals surface area contributed by atoms with Gasteiger partial charge in [0.2, 0.25) is 5.91 Å². The minimum absolute atomic E-state index is 0.0317. The normalized spacial score (nSPS) is 17.3. The summed E-state index contributed by atoms with van der Waals surface area (Å²) >= 11 is 1.57. The number of aliphatic carboxylic acids is 1. The first-order valence-corrected chi connectivity index (χ1v) is 8.16. The number of fused-ring (bicyclic) bond motifs is 1. The average molecular weight is 307 g/mol. The summed E-state index contributed by atoms with van der Waals surface area (Å²) in [4.78, 5) is 24.7. The monoisotopic (exact) mass is 307 g/mol. The standard InChI is InChI=1S/C16H21NO3S/c1-3-16(4-2,10-14(18)19)17-15(20)13-9-11-7-5-6-8-12(11)21-13/h5-8,13H,3-4,9-10H2,1-2H3,(H,17,20)(H,18,19). The Labute approximate surface area is 129 Å². The molecule has 1 amide bonds. The summed E-state index contributed by atoms with van der Waals surface area (Å²) in [5.41, 5.74) is 0.553. The number of carbonyl (C=O) groups excluding carboxylic acids is 1. The fourth-order valence-electron chi connectivity index (χ4n) is 2.68. The molecule has 0 saturated carbocycles. The third kappa shape index (κ3) is 3.59. The van der Waals surface area contributed by atoms with Gasteiger partial charge in [0.15, 0.2) is 0 Å². The third-order valence-electron chi connectivity index (χ3n) is 4.17. The van der Waals surface area contributed by atoms with Crippen LogP contribution in [0, 0.1) is 0 Å². The Balaban J connectivity index is 2.06. The van der Waals surface area contributed by atoms with Crippen LogP contribution in [0.5, 0.6) is 0 Å². The molecule has 1 aromatic rings. The lowest BCUT2D eigenvalue weighted by molar-refractivity contribution is -0.139. The van der Waals surface area contributed by atoms with E-state index in [1.54, 1.807) is 11.8 Å². The van der Waals surface area contributed by atoms with Crippen LogP contribution in [0.4, 0.5) is 0 Å². The first-order valence-electron chi connectivity index (χ1n) is 7.28. The maximum Gasteiger partial charge on any atom is 0.305 e. The van der Waals surface area contributed by atoms with Crippen molar-refractivity contribution in [2.24, 2.45) is 0 Å². The van der Waals surface area contributed by atoms with Gasteiger partial charge >= 0.3 is 5.97 Å². The first-order chi connectivity index (χ1) is 9.99. The Kier molecular flexibility index (Phi) is 4.93. The van der Waals surface area contributed by atoms with Gasteiger partial charge in [-0.2, -0.15) is 0 Å². The summed E-state index contributed by atoms with van der Waals surface area (Å²) in [7, 11) is 0. The molecule has 0 saturated heterocycles. The largest absolute Gasteiger partial charge is 0.481 e. The van der Waals surface area contributed by atoms with Crippen LogP contribution in [-0.2, 0) is 16.0 Å². The lowest BCUT2D eigenvalue weighted by atomic mass is 9.88. The lowest BCUT2D eigenvalue weighted by Gasteiger charge is -2.32. The highest BCUT2D eigenvalue weighted by Gasteiger charge is 2.35. The molecule has 0 bridgehead atoms. The molecule has 1 heterocycles. The van der Waals surface area contributed by atoms with E-state index in [4.69, 9.17) is 5.11 Å². The Morgan fingerprint density at radius 3 is 2.57 bits per heavy atom. The van der Waals surface area contributed by atoms with Gasteiger partial charge in [-0.25, -0.2) is 0 Å². The molecular formula is C16H21NO3S. The second kappa shape index (κ2) is 6.52. The van der Waals surface area contributed by atoms with Gasteiger partial charge in [-0.15, -0.1) is 11.8 Å². The number of thioether (sulfide) groups is 1. The molecule has 0 fully saturated rings. The molecule has 1 unspecified atom stereocenters. The van der Waals surface area contributed by atoms with E-state index in [1.165, 1.54) is 5.56 Å². The molecule has 5 heteroatoms. The second-order valence-corrected chi connectivity index (χ2v) is 6.71. The molecule has 2 rings (SSSR count). The van der Waals surface area contributed by atoms with E-state index in [9.17, 15) is 9.59 Å². The third-order valence-corrected chi connectivity index (χ3v) is 5.49. The molecule has 4 nitrogen and oxygen atoms in total. The molecule has 1 aliphatic rings. The lowest BCUT2D eigenvalue weighted by Crippen LogP contribution is -2.51. The van der Waals surface area contributed by atoms with Crippen molar-refractivity contribution in [3.8, 4) is 0 Å². The number of carbonyl (C=O) groups is 2. The van der Waals surface area contributed by atoms with Crippen molar-refractivity contribution in [3.05, 3.63) is 29.8 Å². The van der Waals surface area contributed by atoms with E-state index >= 15 is 0 Å². The quantitative estimate of drug-likeness (QED) is 0.848. The molecule has 0 spiro atoms. The number of rotatable bonds is 6. The van der Waals surface area contributed by atoms with E-state index in [-0.39, 0.29) is 17.6 Å². The highest BCUT2D eigenvalue weighted by atomic mass is 32.2. The van der Waals surface area contributed by atoms with Crippen LogP contribution in [-0.4, -0.2) is 27.8 Å². The van der Waals surface area contributed by atoms with Gasteiger partial charge in [0.05, 0.1) is 11.7 Å². The van der Waals surface area contributed by atoms with Crippen molar-refractivity contribution in [3.63, 3.8) is 0 Å². The fraction of sp³-hybridized carbons (Fsp3) is 0.500. The molecule has 21 heavy (non-hydrogen) atoms. The van der Waals surface area contributed by atoms with E-state index in [0.29, 0.717) is 19.3 Å². The Hall–Kier alpha value is -1.49. The van der Waals surface area contributed by atoms with Crippen molar-refractivity contribution in [2.45, 2.75) is 55.2 Å². The van der Waals surface area contributed by atoms with E-state index in [1.807, 2.05) is 38.1 Å². The number of benzene rings is 1. The van der Waals surface area contributed by atoms with Crippen molar-refractivity contribution < 1.29 is 14.7 Å².